The first-order valence-corrected chi connectivity index (χ1v) is 8.64. The topological polar surface area (TPSA) is 55.1 Å². The molecule has 1 saturated carbocycles. The summed E-state index contributed by atoms with van der Waals surface area (Å²) in [6, 6.07) is 4.36. The standard InChI is InChI=1S/C18H20ClFN2O2/c1-11-15(18(23)21-10-12-6-3-2-4-7-12)17(22-24-11)16-13(19)8-5-9-14(16)20/h5,8-9,12H,2-4,6-7,10H2,1H3,(H,21,23). The average molecular weight is 351 g/mol. The van der Waals surface area contributed by atoms with Crippen LogP contribution in [-0.2, 0) is 0 Å². The molecule has 3 rings (SSSR count). The highest BCUT2D eigenvalue weighted by Crippen LogP contribution is 2.33. The maximum atomic E-state index is 14.2. The second-order valence-electron chi connectivity index (χ2n) is 6.27. The number of carbonyl (C=O) groups is 1. The number of carbonyl (C=O) groups excluding carboxylic acids is 1. The van der Waals surface area contributed by atoms with E-state index < -0.39 is 5.82 Å². The molecule has 1 aromatic heterocycles. The van der Waals surface area contributed by atoms with Crippen LogP contribution in [0.5, 0.6) is 0 Å². The van der Waals surface area contributed by atoms with Crippen LogP contribution >= 0.6 is 11.6 Å². The molecule has 0 unspecified atom stereocenters. The maximum absolute atomic E-state index is 14.2. The van der Waals surface area contributed by atoms with E-state index >= 15 is 0 Å². The smallest absolute Gasteiger partial charge is 0.257 e. The van der Waals surface area contributed by atoms with Crippen molar-refractivity contribution in [1.29, 1.82) is 0 Å². The molecule has 1 fully saturated rings. The number of aromatic nitrogens is 1. The van der Waals surface area contributed by atoms with Gasteiger partial charge in [0.2, 0.25) is 0 Å². The lowest BCUT2D eigenvalue weighted by molar-refractivity contribution is 0.0942. The summed E-state index contributed by atoms with van der Waals surface area (Å²) >= 11 is 6.10. The summed E-state index contributed by atoms with van der Waals surface area (Å²) in [4.78, 5) is 12.6. The summed E-state index contributed by atoms with van der Waals surface area (Å²) in [5.74, 6) is 0.0274. The summed E-state index contributed by atoms with van der Waals surface area (Å²) in [6.07, 6.45) is 5.96. The molecular weight excluding hydrogens is 331 g/mol. The lowest BCUT2D eigenvalue weighted by Gasteiger charge is -2.21. The van der Waals surface area contributed by atoms with Gasteiger partial charge in [0.1, 0.15) is 22.8 Å². The fraction of sp³-hybridized carbons (Fsp3) is 0.444. The van der Waals surface area contributed by atoms with E-state index in [1.807, 2.05) is 0 Å². The van der Waals surface area contributed by atoms with Gasteiger partial charge in [-0.3, -0.25) is 4.79 Å². The summed E-state index contributed by atoms with van der Waals surface area (Å²) in [5.41, 5.74) is 0.494. The van der Waals surface area contributed by atoms with Crippen molar-refractivity contribution in [3.63, 3.8) is 0 Å². The van der Waals surface area contributed by atoms with Crippen molar-refractivity contribution in [2.24, 2.45) is 5.92 Å². The summed E-state index contributed by atoms with van der Waals surface area (Å²) in [7, 11) is 0. The van der Waals surface area contributed by atoms with E-state index in [4.69, 9.17) is 16.1 Å². The Labute approximate surface area is 145 Å². The summed E-state index contributed by atoms with van der Waals surface area (Å²) in [5, 5.41) is 7.00. The SMILES string of the molecule is Cc1onc(-c2c(F)cccc2Cl)c1C(=O)NCC1CCCCC1. The molecule has 1 N–H and O–H groups in total. The van der Waals surface area contributed by atoms with Gasteiger partial charge in [0.25, 0.3) is 5.91 Å². The first-order chi connectivity index (χ1) is 11.6. The van der Waals surface area contributed by atoms with Crippen molar-refractivity contribution in [2.45, 2.75) is 39.0 Å². The highest BCUT2D eigenvalue weighted by atomic mass is 35.5. The van der Waals surface area contributed by atoms with Crippen LogP contribution in [0.2, 0.25) is 5.02 Å². The molecule has 4 nitrogen and oxygen atoms in total. The van der Waals surface area contributed by atoms with Crippen molar-refractivity contribution in [3.05, 3.63) is 40.4 Å². The predicted molar refractivity (Wildman–Crippen MR) is 90.6 cm³/mol. The van der Waals surface area contributed by atoms with Crippen LogP contribution < -0.4 is 5.32 Å². The number of halogens is 2. The Hall–Kier alpha value is -1.88. The Morgan fingerprint density at radius 1 is 1.38 bits per heavy atom. The predicted octanol–water partition coefficient (Wildman–Crippen LogP) is 4.75. The molecule has 1 aliphatic rings. The third kappa shape index (κ3) is 3.46. The summed E-state index contributed by atoms with van der Waals surface area (Å²) in [6.45, 7) is 2.26. The fourth-order valence-corrected chi connectivity index (χ4v) is 3.50. The molecule has 0 bridgehead atoms. The van der Waals surface area contributed by atoms with E-state index in [0.29, 0.717) is 18.2 Å². The molecule has 6 heteroatoms. The molecule has 0 atom stereocenters. The van der Waals surface area contributed by atoms with Gasteiger partial charge in [-0.15, -0.1) is 0 Å². The van der Waals surface area contributed by atoms with Crippen molar-refractivity contribution < 1.29 is 13.7 Å². The lowest BCUT2D eigenvalue weighted by Crippen LogP contribution is -2.30. The minimum atomic E-state index is -0.530. The number of amides is 1. The third-order valence-electron chi connectivity index (χ3n) is 4.57. The number of rotatable bonds is 4. The molecule has 0 aliphatic heterocycles. The number of nitrogens with zero attached hydrogens (tertiary/aromatic N) is 1. The van der Waals surface area contributed by atoms with Gasteiger partial charge in [-0.05, 0) is 37.8 Å². The highest BCUT2D eigenvalue weighted by molar-refractivity contribution is 6.33. The molecule has 0 saturated heterocycles. The van der Waals surface area contributed by atoms with Gasteiger partial charge < -0.3 is 9.84 Å². The van der Waals surface area contributed by atoms with E-state index in [0.717, 1.165) is 12.8 Å². The minimum Gasteiger partial charge on any atom is -0.360 e. The molecule has 1 heterocycles. The highest BCUT2D eigenvalue weighted by Gasteiger charge is 2.26. The zero-order valence-corrected chi connectivity index (χ0v) is 14.3. The van der Waals surface area contributed by atoms with Crippen LogP contribution in [-0.4, -0.2) is 17.6 Å². The lowest BCUT2D eigenvalue weighted by atomic mass is 9.89. The molecule has 128 valence electrons. The molecule has 1 aromatic carbocycles. The van der Waals surface area contributed by atoms with E-state index in [2.05, 4.69) is 10.5 Å². The quantitative estimate of drug-likeness (QED) is 0.865. The maximum Gasteiger partial charge on any atom is 0.257 e. The Morgan fingerprint density at radius 2 is 2.12 bits per heavy atom. The molecular formula is C18H20ClFN2O2. The van der Waals surface area contributed by atoms with Crippen molar-refractivity contribution >= 4 is 17.5 Å². The van der Waals surface area contributed by atoms with E-state index in [-0.39, 0.29) is 27.8 Å². The molecule has 24 heavy (non-hydrogen) atoms. The van der Waals surface area contributed by atoms with E-state index in [1.165, 1.54) is 31.4 Å². The largest absolute Gasteiger partial charge is 0.360 e. The van der Waals surface area contributed by atoms with Crippen LogP contribution in [0.25, 0.3) is 11.3 Å². The van der Waals surface area contributed by atoms with Crippen molar-refractivity contribution in [3.8, 4) is 11.3 Å². The number of hydrogen-bond donors (Lipinski definition) is 1. The normalized spacial score (nSPS) is 15.5. The number of hydrogen-bond acceptors (Lipinski definition) is 3. The zero-order chi connectivity index (χ0) is 17.1. The van der Waals surface area contributed by atoms with Crippen molar-refractivity contribution in [2.75, 3.05) is 6.54 Å². The Morgan fingerprint density at radius 3 is 2.83 bits per heavy atom. The van der Waals surface area contributed by atoms with Gasteiger partial charge in [-0.2, -0.15) is 0 Å². The number of benzene rings is 1. The van der Waals surface area contributed by atoms with E-state index in [9.17, 15) is 9.18 Å². The van der Waals surface area contributed by atoms with Gasteiger partial charge in [0.15, 0.2) is 0 Å². The fourth-order valence-electron chi connectivity index (χ4n) is 3.25. The van der Waals surface area contributed by atoms with Crippen LogP contribution in [0, 0.1) is 18.7 Å². The first-order valence-electron chi connectivity index (χ1n) is 8.26. The summed E-state index contributed by atoms with van der Waals surface area (Å²) < 4.78 is 19.3. The number of aryl methyl sites for hydroxylation is 1. The van der Waals surface area contributed by atoms with Crippen LogP contribution in [0.3, 0.4) is 0 Å². The second kappa shape index (κ2) is 7.34. The first kappa shape index (κ1) is 17.0. The van der Waals surface area contributed by atoms with Gasteiger partial charge in [0, 0.05) is 6.54 Å². The third-order valence-corrected chi connectivity index (χ3v) is 4.88. The van der Waals surface area contributed by atoms with Crippen LogP contribution in [0.15, 0.2) is 22.7 Å². The van der Waals surface area contributed by atoms with Gasteiger partial charge in [-0.25, -0.2) is 4.39 Å². The number of nitrogens with one attached hydrogen (secondary N) is 1. The molecule has 0 radical (unpaired) electrons. The van der Waals surface area contributed by atoms with Crippen LogP contribution in [0.4, 0.5) is 4.39 Å². The Balaban J connectivity index is 1.83. The average Bonchev–Trinajstić information content (AvgIpc) is 2.95. The Bertz CT molecular complexity index is 718. The molecule has 1 aliphatic carbocycles. The van der Waals surface area contributed by atoms with Gasteiger partial charge in [-0.1, -0.05) is 42.1 Å². The second-order valence-corrected chi connectivity index (χ2v) is 6.68. The van der Waals surface area contributed by atoms with E-state index in [1.54, 1.807) is 13.0 Å². The monoisotopic (exact) mass is 350 g/mol. The van der Waals surface area contributed by atoms with Gasteiger partial charge in [0.05, 0.1) is 10.6 Å². The Kier molecular flexibility index (Phi) is 5.19. The van der Waals surface area contributed by atoms with Gasteiger partial charge >= 0.3 is 0 Å². The molecule has 2 aromatic rings. The van der Waals surface area contributed by atoms with Crippen LogP contribution in [0.1, 0.15) is 48.2 Å². The molecule has 0 spiro atoms. The molecule has 1 amide bonds. The van der Waals surface area contributed by atoms with Crippen molar-refractivity contribution in [1.82, 2.24) is 10.5 Å². The zero-order valence-electron chi connectivity index (χ0n) is 13.6. The minimum absolute atomic E-state index is 0.0961.